The van der Waals surface area contributed by atoms with Gasteiger partial charge >= 0.3 is 0 Å². The minimum atomic E-state index is 0.0416. The summed E-state index contributed by atoms with van der Waals surface area (Å²) in [6.45, 7) is 5.84. The van der Waals surface area contributed by atoms with E-state index in [2.05, 4.69) is 26.3 Å². The summed E-state index contributed by atoms with van der Waals surface area (Å²) in [4.78, 5) is 22.0. The number of carbonyl (C=O) groups excluding carboxylic acids is 1. The summed E-state index contributed by atoms with van der Waals surface area (Å²) in [5, 5.41) is 8.37. The van der Waals surface area contributed by atoms with Gasteiger partial charge in [0.05, 0.1) is 5.69 Å². The summed E-state index contributed by atoms with van der Waals surface area (Å²) in [7, 11) is 0. The maximum atomic E-state index is 13.1. The van der Waals surface area contributed by atoms with Crippen molar-refractivity contribution in [3.63, 3.8) is 0 Å². The third-order valence-electron chi connectivity index (χ3n) is 6.53. The summed E-state index contributed by atoms with van der Waals surface area (Å²) in [6, 6.07) is 21.3. The predicted octanol–water partition coefficient (Wildman–Crippen LogP) is 4.32. The van der Waals surface area contributed by atoms with E-state index in [0.717, 1.165) is 47.7 Å². The van der Waals surface area contributed by atoms with Crippen LogP contribution in [0.25, 0.3) is 28.6 Å². The van der Waals surface area contributed by atoms with Crippen molar-refractivity contribution < 1.29 is 9.21 Å². The van der Waals surface area contributed by atoms with E-state index < -0.39 is 0 Å². The molecular weight excluding hydrogens is 452 g/mol. The molecule has 6 rings (SSSR count). The number of imidazole rings is 1. The highest BCUT2D eigenvalue weighted by molar-refractivity contribution is 5.94. The number of hydrogen-bond acceptors (Lipinski definition) is 6. The van der Waals surface area contributed by atoms with Crippen LogP contribution >= 0.6 is 0 Å². The fourth-order valence-corrected chi connectivity index (χ4v) is 4.57. The molecule has 1 amide bonds. The normalized spacial score (nSPS) is 14.4. The van der Waals surface area contributed by atoms with Gasteiger partial charge in [-0.2, -0.15) is 0 Å². The van der Waals surface area contributed by atoms with E-state index in [1.807, 2.05) is 89.2 Å². The first-order valence-corrected chi connectivity index (χ1v) is 12.1. The van der Waals surface area contributed by atoms with Gasteiger partial charge in [0.15, 0.2) is 0 Å². The standard InChI is InChI=1S/C28H26N6O2/c1-20-5-4-6-23(17-20)27-31-30-26(36-27)21-8-10-22(11-9-21)28(35)33-15-13-32(14-16-33)18-24-19-34-12-3-2-7-25(34)29-24/h2-12,17,19H,13-16,18H2,1H3. The third kappa shape index (κ3) is 4.50. The van der Waals surface area contributed by atoms with Crippen LogP contribution in [-0.2, 0) is 6.54 Å². The predicted molar refractivity (Wildman–Crippen MR) is 136 cm³/mol. The lowest BCUT2D eigenvalue weighted by molar-refractivity contribution is 0.0627. The monoisotopic (exact) mass is 478 g/mol. The second-order valence-corrected chi connectivity index (χ2v) is 9.13. The summed E-state index contributed by atoms with van der Waals surface area (Å²) >= 11 is 0. The number of pyridine rings is 1. The van der Waals surface area contributed by atoms with E-state index in [4.69, 9.17) is 4.42 Å². The zero-order chi connectivity index (χ0) is 24.5. The van der Waals surface area contributed by atoms with E-state index >= 15 is 0 Å². The number of aromatic nitrogens is 4. The van der Waals surface area contributed by atoms with Crippen LogP contribution in [-0.4, -0.2) is 61.5 Å². The van der Waals surface area contributed by atoms with Crippen molar-refractivity contribution in [2.75, 3.05) is 26.2 Å². The van der Waals surface area contributed by atoms with Crippen molar-refractivity contribution in [1.29, 1.82) is 0 Å². The Bertz CT molecular complexity index is 1480. The Hall–Kier alpha value is -4.30. The number of piperazine rings is 1. The maximum Gasteiger partial charge on any atom is 0.253 e. The molecule has 5 aromatic rings. The Morgan fingerprint density at radius 2 is 1.67 bits per heavy atom. The quantitative estimate of drug-likeness (QED) is 0.374. The van der Waals surface area contributed by atoms with Crippen molar-refractivity contribution in [2.24, 2.45) is 0 Å². The molecule has 0 radical (unpaired) electrons. The number of hydrogen-bond donors (Lipinski definition) is 0. The second kappa shape index (κ2) is 9.39. The molecule has 2 aromatic carbocycles. The van der Waals surface area contributed by atoms with Crippen LogP contribution in [0.4, 0.5) is 0 Å². The van der Waals surface area contributed by atoms with Gasteiger partial charge in [-0.25, -0.2) is 4.98 Å². The van der Waals surface area contributed by atoms with Crippen molar-refractivity contribution in [1.82, 2.24) is 29.4 Å². The molecule has 0 saturated carbocycles. The fourth-order valence-electron chi connectivity index (χ4n) is 4.57. The van der Waals surface area contributed by atoms with Crippen molar-refractivity contribution in [3.05, 3.63) is 95.9 Å². The SMILES string of the molecule is Cc1cccc(-c2nnc(-c3ccc(C(=O)N4CCN(Cc5cn6ccccc6n5)CC4)cc3)o2)c1. The number of amides is 1. The molecule has 3 aromatic heterocycles. The first-order valence-electron chi connectivity index (χ1n) is 12.1. The Morgan fingerprint density at radius 3 is 2.42 bits per heavy atom. The van der Waals surface area contributed by atoms with E-state index in [1.54, 1.807) is 0 Å². The van der Waals surface area contributed by atoms with Gasteiger partial charge in [0.1, 0.15) is 5.65 Å². The molecule has 0 atom stereocenters. The first-order chi connectivity index (χ1) is 17.6. The van der Waals surface area contributed by atoms with Crippen LogP contribution < -0.4 is 0 Å². The molecule has 180 valence electrons. The molecule has 1 aliphatic rings. The summed E-state index contributed by atoms with van der Waals surface area (Å²) in [5.74, 6) is 0.960. The Balaban J connectivity index is 1.07. The smallest absolute Gasteiger partial charge is 0.253 e. The Kier molecular flexibility index (Phi) is 5.79. The minimum absolute atomic E-state index is 0.0416. The van der Waals surface area contributed by atoms with Gasteiger partial charge in [-0.1, -0.05) is 23.8 Å². The molecule has 0 aliphatic carbocycles. The molecule has 0 unspecified atom stereocenters. The van der Waals surface area contributed by atoms with Gasteiger partial charge in [-0.15, -0.1) is 10.2 Å². The lowest BCUT2D eigenvalue weighted by Gasteiger charge is -2.34. The van der Waals surface area contributed by atoms with E-state index in [0.29, 0.717) is 30.4 Å². The topological polar surface area (TPSA) is 79.8 Å². The summed E-state index contributed by atoms with van der Waals surface area (Å²) in [5.41, 5.74) is 5.47. The highest BCUT2D eigenvalue weighted by Crippen LogP contribution is 2.25. The molecule has 1 aliphatic heterocycles. The molecule has 1 saturated heterocycles. The molecule has 0 N–H and O–H groups in total. The minimum Gasteiger partial charge on any atom is -0.416 e. The average Bonchev–Trinajstić information content (AvgIpc) is 3.56. The van der Waals surface area contributed by atoms with Gasteiger partial charge in [-0.05, 0) is 55.5 Å². The number of fused-ring (bicyclic) bond motifs is 1. The number of carbonyl (C=O) groups is 1. The van der Waals surface area contributed by atoms with E-state index in [1.165, 1.54) is 0 Å². The molecule has 0 spiro atoms. The van der Waals surface area contributed by atoms with Gasteiger partial charge in [0.2, 0.25) is 11.8 Å². The highest BCUT2D eigenvalue weighted by Gasteiger charge is 2.23. The molecule has 8 heteroatoms. The Labute approximate surface area is 208 Å². The lowest BCUT2D eigenvalue weighted by atomic mass is 10.1. The lowest BCUT2D eigenvalue weighted by Crippen LogP contribution is -2.48. The van der Waals surface area contributed by atoms with Crippen LogP contribution in [0.3, 0.4) is 0 Å². The van der Waals surface area contributed by atoms with Crippen molar-refractivity contribution in [2.45, 2.75) is 13.5 Å². The first kappa shape index (κ1) is 22.2. The molecular formula is C28H26N6O2. The van der Waals surface area contributed by atoms with Crippen LogP contribution in [0.5, 0.6) is 0 Å². The van der Waals surface area contributed by atoms with Crippen LogP contribution in [0.1, 0.15) is 21.6 Å². The van der Waals surface area contributed by atoms with Gasteiger partial charge in [0.25, 0.3) is 5.91 Å². The number of aryl methyl sites for hydroxylation is 1. The van der Waals surface area contributed by atoms with Crippen molar-refractivity contribution in [3.8, 4) is 22.9 Å². The van der Waals surface area contributed by atoms with Crippen LogP contribution in [0.2, 0.25) is 0 Å². The number of rotatable bonds is 5. The number of benzene rings is 2. The summed E-state index contributed by atoms with van der Waals surface area (Å²) < 4.78 is 7.92. The Morgan fingerprint density at radius 1 is 0.889 bits per heavy atom. The van der Waals surface area contributed by atoms with E-state index in [9.17, 15) is 4.79 Å². The van der Waals surface area contributed by atoms with E-state index in [-0.39, 0.29) is 5.91 Å². The van der Waals surface area contributed by atoms with Crippen LogP contribution in [0.15, 0.2) is 83.5 Å². The zero-order valence-electron chi connectivity index (χ0n) is 20.0. The van der Waals surface area contributed by atoms with Crippen LogP contribution in [0, 0.1) is 6.92 Å². The maximum absolute atomic E-state index is 13.1. The fraction of sp³-hybridized carbons (Fsp3) is 0.214. The van der Waals surface area contributed by atoms with Gasteiger partial charge in [-0.3, -0.25) is 9.69 Å². The van der Waals surface area contributed by atoms with Gasteiger partial charge in [0, 0.05) is 61.8 Å². The largest absolute Gasteiger partial charge is 0.416 e. The number of nitrogens with zero attached hydrogens (tertiary/aromatic N) is 6. The highest BCUT2D eigenvalue weighted by atomic mass is 16.4. The van der Waals surface area contributed by atoms with Crippen molar-refractivity contribution >= 4 is 11.6 Å². The third-order valence-corrected chi connectivity index (χ3v) is 6.53. The molecule has 0 bridgehead atoms. The summed E-state index contributed by atoms with van der Waals surface area (Å²) in [6.07, 6.45) is 4.08. The molecule has 36 heavy (non-hydrogen) atoms. The zero-order valence-corrected chi connectivity index (χ0v) is 20.0. The second-order valence-electron chi connectivity index (χ2n) is 9.13. The molecule has 4 heterocycles. The van der Waals surface area contributed by atoms with Gasteiger partial charge < -0.3 is 13.7 Å². The molecule has 1 fully saturated rings. The molecule has 8 nitrogen and oxygen atoms in total. The average molecular weight is 479 g/mol.